The molecule has 4 heteroatoms. The van der Waals surface area contributed by atoms with E-state index in [0.717, 1.165) is 25.8 Å². The smallest absolute Gasteiger partial charge is 0.313 e. The highest BCUT2D eigenvalue weighted by Gasteiger charge is 2.36. The van der Waals surface area contributed by atoms with Crippen LogP contribution in [0.25, 0.3) is 0 Å². The normalized spacial score (nSPS) is 29.7. The maximum Gasteiger partial charge on any atom is 0.313 e. The maximum atomic E-state index is 12.0. The zero-order chi connectivity index (χ0) is 12.1. The predicted octanol–water partition coefficient (Wildman–Crippen LogP) is 1.49. The van der Waals surface area contributed by atoms with E-state index in [-0.39, 0.29) is 24.0 Å². The molecule has 0 aromatic rings. The predicted molar refractivity (Wildman–Crippen MR) is 64.7 cm³/mol. The summed E-state index contributed by atoms with van der Waals surface area (Å²) in [6, 6.07) is 0.142. The summed E-state index contributed by atoms with van der Waals surface area (Å²) in [5.41, 5.74) is 0. The lowest BCUT2D eigenvalue weighted by molar-refractivity contribution is -0.154. The molecule has 2 rings (SSSR count). The molecule has 1 saturated heterocycles. The third-order valence-corrected chi connectivity index (χ3v) is 3.62. The largest absolute Gasteiger partial charge is 0.462 e. The Bertz CT molecular complexity index is 251. The van der Waals surface area contributed by atoms with Gasteiger partial charge in [0.2, 0.25) is 0 Å². The lowest BCUT2D eigenvalue weighted by Crippen LogP contribution is -2.41. The summed E-state index contributed by atoms with van der Waals surface area (Å²) >= 11 is 0. The van der Waals surface area contributed by atoms with Crippen LogP contribution in [0.5, 0.6) is 0 Å². The SMILES string of the molecule is CCCNC1COCC1C(=O)OC1CCCC1. The molecule has 2 atom stereocenters. The van der Waals surface area contributed by atoms with Gasteiger partial charge in [-0.15, -0.1) is 0 Å². The van der Waals surface area contributed by atoms with Crippen LogP contribution < -0.4 is 5.32 Å². The Balaban J connectivity index is 1.80. The van der Waals surface area contributed by atoms with Gasteiger partial charge in [0.25, 0.3) is 0 Å². The highest BCUT2D eigenvalue weighted by atomic mass is 16.5. The minimum atomic E-state index is -0.109. The number of ether oxygens (including phenoxy) is 2. The molecule has 2 aliphatic rings. The number of hydrogen-bond donors (Lipinski definition) is 1. The summed E-state index contributed by atoms with van der Waals surface area (Å²) in [4.78, 5) is 12.0. The maximum absolute atomic E-state index is 12.0. The van der Waals surface area contributed by atoms with Crippen molar-refractivity contribution >= 4 is 5.97 Å². The molecule has 2 unspecified atom stereocenters. The van der Waals surface area contributed by atoms with Crippen molar-refractivity contribution in [1.82, 2.24) is 5.32 Å². The Hall–Kier alpha value is -0.610. The van der Waals surface area contributed by atoms with Gasteiger partial charge in [-0.25, -0.2) is 0 Å². The summed E-state index contributed by atoms with van der Waals surface area (Å²) in [5.74, 6) is -0.176. The van der Waals surface area contributed by atoms with Crippen LogP contribution in [0, 0.1) is 5.92 Å². The molecular weight excluding hydrogens is 218 g/mol. The van der Waals surface area contributed by atoms with Crippen molar-refractivity contribution in [3.63, 3.8) is 0 Å². The van der Waals surface area contributed by atoms with Crippen LogP contribution in [0.2, 0.25) is 0 Å². The highest BCUT2D eigenvalue weighted by Crippen LogP contribution is 2.24. The fraction of sp³-hybridized carbons (Fsp3) is 0.923. The Kier molecular flexibility index (Phi) is 4.80. The van der Waals surface area contributed by atoms with Gasteiger partial charge in [-0.2, -0.15) is 0 Å². The lowest BCUT2D eigenvalue weighted by atomic mass is 10.0. The van der Waals surface area contributed by atoms with E-state index in [1.54, 1.807) is 0 Å². The number of nitrogens with one attached hydrogen (secondary N) is 1. The molecule has 1 aliphatic carbocycles. The van der Waals surface area contributed by atoms with Crippen molar-refractivity contribution in [1.29, 1.82) is 0 Å². The van der Waals surface area contributed by atoms with Crippen LogP contribution in [-0.4, -0.2) is 37.9 Å². The van der Waals surface area contributed by atoms with Crippen LogP contribution in [0.3, 0.4) is 0 Å². The summed E-state index contributed by atoms with van der Waals surface area (Å²) in [7, 11) is 0. The molecule has 0 aromatic carbocycles. The second kappa shape index (κ2) is 6.36. The van der Waals surface area contributed by atoms with Crippen molar-refractivity contribution in [2.75, 3.05) is 19.8 Å². The summed E-state index contributed by atoms with van der Waals surface area (Å²) in [6.07, 6.45) is 5.68. The second-order valence-electron chi connectivity index (χ2n) is 5.05. The van der Waals surface area contributed by atoms with Gasteiger partial charge >= 0.3 is 5.97 Å². The lowest BCUT2D eigenvalue weighted by Gasteiger charge is -2.20. The average Bonchev–Trinajstić information content (AvgIpc) is 2.96. The monoisotopic (exact) mass is 241 g/mol. The fourth-order valence-corrected chi connectivity index (χ4v) is 2.58. The average molecular weight is 241 g/mol. The van der Waals surface area contributed by atoms with Gasteiger partial charge in [0.15, 0.2) is 0 Å². The zero-order valence-electron chi connectivity index (χ0n) is 10.6. The van der Waals surface area contributed by atoms with Crippen LogP contribution in [0.1, 0.15) is 39.0 Å². The van der Waals surface area contributed by atoms with E-state index >= 15 is 0 Å². The second-order valence-corrected chi connectivity index (χ2v) is 5.05. The van der Waals surface area contributed by atoms with Crippen molar-refractivity contribution in [2.45, 2.75) is 51.2 Å². The van der Waals surface area contributed by atoms with E-state index in [9.17, 15) is 4.79 Å². The van der Waals surface area contributed by atoms with Gasteiger partial charge in [0, 0.05) is 6.04 Å². The molecule has 1 heterocycles. The minimum Gasteiger partial charge on any atom is -0.462 e. The number of carbonyl (C=O) groups is 1. The molecule has 0 bridgehead atoms. The van der Waals surface area contributed by atoms with Crippen molar-refractivity contribution in [3.8, 4) is 0 Å². The number of carbonyl (C=O) groups excluding carboxylic acids is 1. The Morgan fingerprint density at radius 3 is 2.82 bits per heavy atom. The molecule has 0 radical (unpaired) electrons. The fourth-order valence-electron chi connectivity index (χ4n) is 2.58. The molecule has 0 aromatic heterocycles. The van der Waals surface area contributed by atoms with E-state index in [1.807, 2.05) is 0 Å². The molecule has 17 heavy (non-hydrogen) atoms. The minimum absolute atomic E-state index is 0.0667. The van der Waals surface area contributed by atoms with E-state index in [2.05, 4.69) is 12.2 Å². The molecule has 0 amide bonds. The topological polar surface area (TPSA) is 47.6 Å². The standard InChI is InChI=1S/C13H23NO3/c1-2-7-14-12-9-16-8-11(12)13(15)17-10-5-3-4-6-10/h10-12,14H,2-9H2,1H3. The third kappa shape index (κ3) is 3.42. The Morgan fingerprint density at radius 2 is 2.12 bits per heavy atom. The summed E-state index contributed by atoms with van der Waals surface area (Å²) in [5, 5.41) is 3.36. The Labute approximate surface area is 103 Å². The van der Waals surface area contributed by atoms with Crippen LogP contribution in [-0.2, 0) is 14.3 Å². The van der Waals surface area contributed by atoms with Gasteiger partial charge in [-0.1, -0.05) is 6.92 Å². The first-order valence-electron chi connectivity index (χ1n) is 6.83. The Morgan fingerprint density at radius 1 is 1.35 bits per heavy atom. The van der Waals surface area contributed by atoms with Crippen LogP contribution in [0.15, 0.2) is 0 Å². The van der Waals surface area contributed by atoms with Crippen molar-refractivity contribution in [3.05, 3.63) is 0 Å². The third-order valence-electron chi connectivity index (χ3n) is 3.62. The van der Waals surface area contributed by atoms with Gasteiger partial charge in [-0.3, -0.25) is 4.79 Å². The number of hydrogen-bond acceptors (Lipinski definition) is 4. The van der Waals surface area contributed by atoms with Crippen molar-refractivity contribution in [2.24, 2.45) is 5.92 Å². The quantitative estimate of drug-likeness (QED) is 0.741. The number of esters is 1. The number of rotatable bonds is 5. The first-order chi connectivity index (χ1) is 8.31. The van der Waals surface area contributed by atoms with E-state index in [4.69, 9.17) is 9.47 Å². The molecule has 1 aliphatic heterocycles. The van der Waals surface area contributed by atoms with Crippen molar-refractivity contribution < 1.29 is 14.3 Å². The van der Waals surface area contributed by atoms with Crippen LogP contribution in [0.4, 0.5) is 0 Å². The molecule has 1 saturated carbocycles. The highest BCUT2D eigenvalue weighted by molar-refractivity contribution is 5.74. The van der Waals surface area contributed by atoms with Crippen LogP contribution >= 0.6 is 0 Å². The molecular formula is C13H23NO3. The van der Waals surface area contributed by atoms with Gasteiger partial charge in [-0.05, 0) is 38.6 Å². The van der Waals surface area contributed by atoms with E-state index < -0.39 is 0 Å². The molecule has 0 spiro atoms. The first kappa shape index (κ1) is 12.8. The molecule has 4 nitrogen and oxygen atoms in total. The summed E-state index contributed by atoms with van der Waals surface area (Å²) < 4.78 is 10.9. The molecule has 2 fully saturated rings. The zero-order valence-corrected chi connectivity index (χ0v) is 10.6. The van der Waals surface area contributed by atoms with Gasteiger partial charge in [0.05, 0.1) is 19.1 Å². The summed E-state index contributed by atoms with van der Waals surface area (Å²) in [6.45, 7) is 4.19. The van der Waals surface area contributed by atoms with Gasteiger partial charge < -0.3 is 14.8 Å². The van der Waals surface area contributed by atoms with Gasteiger partial charge in [0.1, 0.15) is 6.10 Å². The van der Waals surface area contributed by atoms with E-state index in [0.29, 0.717) is 13.2 Å². The molecule has 1 N–H and O–H groups in total. The van der Waals surface area contributed by atoms with E-state index in [1.165, 1.54) is 12.8 Å². The molecule has 98 valence electrons. The first-order valence-corrected chi connectivity index (χ1v) is 6.83.